The van der Waals surface area contributed by atoms with E-state index < -0.39 is 67.4 Å². The van der Waals surface area contributed by atoms with Gasteiger partial charge >= 0.3 is 6.03 Å². The van der Waals surface area contributed by atoms with Gasteiger partial charge in [-0.25, -0.2) is 4.79 Å². The lowest BCUT2D eigenvalue weighted by atomic mass is 9.83. The van der Waals surface area contributed by atoms with E-state index in [4.69, 9.17) is 0 Å². The summed E-state index contributed by atoms with van der Waals surface area (Å²) < 4.78 is 13.5. The van der Waals surface area contributed by atoms with Gasteiger partial charge < -0.3 is 26.2 Å². The van der Waals surface area contributed by atoms with Gasteiger partial charge in [-0.1, -0.05) is 104 Å². The van der Waals surface area contributed by atoms with Crippen molar-refractivity contribution < 1.29 is 28.2 Å². The van der Waals surface area contributed by atoms with E-state index in [2.05, 4.69) is 41.7 Å². The third-order valence-corrected chi connectivity index (χ3v) is 16.2. The first-order valence-electron chi connectivity index (χ1n) is 18.7. The van der Waals surface area contributed by atoms with Gasteiger partial charge in [-0.15, -0.1) is 6.58 Å². The Balaban J connectivity index is 1.54. The van der Waals surface area contributed by atoms with Crippen LogP contribution in [0.5, 0.6) is 0 Å². The van der Waals surface area contributed by atoms with Crippen LogP contribution >= 0.6 is 0 Å². The fraction of sp³-hybridized carbons (Fsp3) is 0.816. The molecule has 0 aromatic heterocycles. The zero-order valence-electron chi connectivity index (χ0n) is 32.1. The van der Waals surface area contributed by atoms with E-state index in [1.54, 1.807) is 4.90 Å². The van der Waals surface area contributed by atoms with Crippen LogP contribution in [0.25, 0.3) is 0 Å². The van der Waals surface area contributed by atoms with Crippen molar-refractivity contribution in [1.82, 2.24) is 26.2 Å². The lowest BCUT2D eigenvalue weighted by Gasteiger charge is -2.45. The number of carbonyl (C=O) groups is 5. The number of amides is 5. The molecule has 50 heavy (non-hydrogen) atoms. The quantitative estimate of drug-likeness (QED) is 0.104. The third kappa shape index (κ3) is 8.99. The number of hydrogen-bond acceptors (Lipinski definition) is 6. The fourth-order valence-corrected chi connectivity index (χ4v) is 10.2. The molecule has 5 atom stereocenters. The van der Waals surface area contributed by atoms with Crippen molar-refractivity contribution >= 4 is 39.5 Å². The standard InChI is InChI=1S/C38H65N5O6S/c1-11-21-39-32(46)29(44)26(18-17-24-15-16-24)40-31(45)28-27-25(37(27,8)9)22-43(28)33(47)30(35(2,3)4)41-34(48)42-38(19-13-12-14-20-38)23-50(10,49)36(5,6)7/h11,24-28,30,50H,1,12-23H2,2-10H3,(H,39,46)(H,40,45)(H2,41,42,48)/t25-,26-,27-,28-,30+/m0/s1. The number of nitrogens with one attached hydrogen (secondary N) is 4. The van der Waals surface area contributed by atoms with Gasteiger partial charge in [0.25, 0.3) is 5.91 Å². The summed E-state index contributed by atoms with van der Waals surface area (Å²) in [6.45, 7) is 19.9. The number of urea groups is 1. The number of hydrogen-bond donors (Lipinski definition) is 5. The van der Waals surface area contributed by atoms with Gasteiger partial charge in [0, 0.05) is 23.6 Å². The van der Waals surface area contributed by atoms with E-state index in [0.29, 0.717) is 24.6 Å². The predicted molar refractivity (Wildman–Crippen MR) is 199 cm³/mol. The Labute approximate surface area is 301 Å². The van der Waals surface area contributed by atoms with Crippen molar-refractivity contribution in [1.29, 1.82) is 0 Å². The summed E-state index contributed by atoms with van der Waals surface area (Å²) >= 11 is 0. The molecule has 3 saturated carbocycles. The second kappa shape index (κ2) is 14.7. The number of nitrogens with zero attached hydrogens (tertiary/aromatic N) is 1. The Bertz CT molecular complexity index is 1390. The van der Waals surface area contributed by atoms with Crippen LogP contribution in [0.2, 0.25) is 0 Å². The van der Waals surface area contributed by atoms with Gasteiger partial charge in [0.2, 0.25) is 17.6 Å². The maximum atomic E-state index is 14.5. The molecule has 4 aliphatic rings. The van der Waals surface area contributed by atoms with E-state index in [1.165, 1.54) is 6.08 Å². The van der Waals surface area contributed by atoms with Crippen molar-refractivity contribution in [2.24, 2.45) is 28.6 Å². The minimum absolute atomic E-state index is 0.0924. The minimum Gasteiger partial charge on any atom is -0.346 e. The fourth-order valence-electron chi connectivity index (χ4n) is 8.15. The number of Topliss-reactive ketones (excluding diaryl/α,β-unsaturated/α-hetero) is 1. The van der Waals surface area contributed by atoms with Crippen molar-refractivity contribution in [2.75, 3.05) is 25.1 Å². The molecule has 0 unspecified atom stereocenters. The van der Waals surface area contributed by atoms with Gasteiger partial charge in [-0.3, -0.25) is 23.4 Å². The second-order valence-corrected chi connectivity index (χ2v) is 22.4. The van der Waals surface area contributed by atoms with Crippen LogP contribution in [-0.4, -0.2) is 92.2 Å². The number of fused-ring (bicyclic) bond motifs is 1. The lowest BCUT2D eigenvalue weighted by molar-refractivity contribution is -0.145. The lowest BCUT2D eigenvalue weighted by Crippen LogP contribution is -2.64. The van der Waals surface area contributed by atoms with Crippen LogP contribution in [0.4, 0.5) is 4.79 Å². The Morgan fingerprint density at radius 1 is 0.980 bits per heavy atom. The topological polar surface area (TPSA) is 154 Å². The Morgan fingerprint density at radius 3 is 2.14 bits per heavy atom. The Kier molecular flexibility index (Phi) is 11.8. The molecule has 1 heterocycles. The molecule has 1 aliphatic heterocycles. The van der Waals surface area contributed by atoms with E-state index >= 15 is 0 Å². The summed E-state index contributed by atoms with van der Waals surface area (Å²) in [6, 6.07) is -3.27. The molecule has 5 amide bonds. The zero-order chi connectivity index (χ0) is 37.4. The molecule has 0 aromatic carbocycles. The average Bonchev–Trinajstić information content (AvgIpc) is 3.87. The van der Waals surface area contributed by atoms with Crippen LogP contribution in [0, 0.1) is 28.6 Å². The molecule has 11 nitrogen and oxygen atoms in total. The highest BCUT2D eigenvalue weighted by Gasteiger charge is 2.70. The van der Waals surface area contributed by atoms with Gasteiger partial charge in [0.05, 0.1) is 11.6 Å². The monoisotopic (exact) mass is 719 g/mol. The molecule has 284 valence electrons. The highest BCUT2D eigenvalue weighted by molar-refractivity contribution is 8.03. The smallest absolute Gasteiger partial charge is 0.315 e. The maximum Gasteiger partial charge on any atom is 0.315 e. The first-order chi connectivity index (χ1) is 23.0. The Morgan fingerprint density at radius 2 is 1.60 bits per heavy atom. The van der Waals surface area contributed by atoms with Gasteiger partial charge in [-0.05, 0) is 60.5 Å². The van der Waals surface area contributed by atoms with Crippen molar-refractivity contribution in [3.05, 3.63) is 12.7 Å². The third-order valence-electron chi connectivity index (χ3n) is 12.2. The second-order valence-electron chi connectivity index (χ2n) is 18.5. The molecular formula is C38H65N5O6S. The highest BCUT2D eigenvalue weighted by Crippen LogP contribution is 2.65. The molecule has 1 saturated heterocycles. The van der Waals surface area contributed by atoms with Crippen LogP contribution in [0.1, 0.15) is 113 Å². The molecule has 0 aromatic rings. The SMILES string of the molecule is C=CCNC(=O)C(=O)[C@H](CCC1CC1)NC(=O)[C@@H]1[C@@H]2[C@H](CN1C(=O)[C@@H](NC(=O)NC1(C[SH](C)(=O)C(C)(C)C)CCCCC1)C(C)(C)C)C2(C)C. The molecule has 0 spiro atoms. The van der Waals surface area contributed by atoms with E-state index in [0.717, 1.165) is 51.4 Å². The van der Waals surface area contributed by atoms with E-state index in [9.17, 15) is 28.2 Å². The van der Waals surface area contributed by atoms with E-state index in [1.807, 2.05) is 47.8 Å². The number of carbonyl (C=O) groups excluding carboxylic acids is 5. The summed E-state index contributed by atoms with van der Waals surface area (Å²) in [7, 11) is -2.66. The van der Waals surface area contributed by atoms with Crippen molar-refractivity contribution in [3.63, 3.8) is 0 Å². The Hall–Kier alpha value is -2.76. The van der Waals surface area contributed by atoms with Crippen LogP contribution in [-0.2, 0) is 29.1 Å². The number of thiol groups is 1. The largest absolute Gasteiger partial charge is 0.346 e. The number of ketones is 1. The summed E-state index contributed by atoms with van der Waals surface area (Å²) in [5, 5.41) is 11.6. The van der Waals surface area contributed by atoms with Crippen molar-refractivity contribution in [3.8, 4) is 0 Å². The first-order valence-corrected chi connectivity index (χ1v) is 21.1. The summed E-state index contributed by atoms with van der Waals surface area (Å²) in [5.74, 6) is -1.40. The van der Waals surface area contributed by atoms with Crippen LogP contribution in [0.15, 0.2) is 12.7 Å². The van der Waals surface area contributed by atoms with Crippen molar-refractivity contribution in [2.45, 2.75) is 142 Å². The molecule has 3 aliphatic carbocycles. The zero-order valence-corrected chi connectivity index (χ0v) is 33.0. The van der Waals surface area contributed by atoms with Crippen LogP contribution < -0.4 is 21.3 Å². The normalized spacial score (nSPS) is 25.7. The average molecular weight is 720 g/mol. The molecule has 4 rings (SSSR count). The first kappa shape index (κ1) is 40.0. The molecule has 4 N–H and O–H groups in total. The van der Waals surface area contributed by atoms with Gasteiger partial charge in [-0.2, -0.15) is 0 Å². The van der Waals surface area contributed by atoms with Gasteiger partial charge in [0.1, 0.15) is 12.1 Å². The molecule has 0 bridgehead atoms. The summed E-state index contributed by atoms with van der Waals surface area (Å²) in [6.07, 6.45) is 10.9. The molecular weight excluding hydrogens is 655 g/mol. The molecule has 0 radical (unpaired) electrons. The summed E-state index contributed by atoms with van der Waals surface area (Å²) in [4.78, 5) is 70.1. The minimum atomic E-state index is -2.66. The molecule has 4 fully saturated rings. The molecule has 12 heteroatoms. The number of likely N-dealkylation sites (tertiary alicyclic amines) is 1. The highest BCUT2D eigenvalue weighted by atomic mass is 32.2. The van der Waals surface area contributed by atoms with Crippen LogP contribution in [0.3, 0.4) is 0 Å². The summed E-state index contributed by atoms with van der Waals surface area (Å²) in [5.41, 5.74) is -1.51. The van der Waals surface area contributed by atoms with E-state index in [-0.39, 0.29) is 29.7 Å². The predicted octanol–water partition coefficient (Wildman–Crippen LogP) is 3.88. The maximum absolute atomic E-state index is 14.5. The van der Waals surface area contributed by atoms with Gasteiger partial charge in [0.15, 0.2) is 0 Å². The number of rotatable bonds is 14. The number of piperidine rings is 1.